The Morgan fingerprint density at radius 3 is 2.73 bits per heavy atom. The van der Waals surface area contributed by atoms with Crippen molar-refractivity contribution in [2.45, 2.75) is 20.3 Å². The normalized spacial score (nSPS) is 11.6. The highest BCUT2D eigenvalue weighted by Crippen LogP contribution is 2.32. The molecule has 7 nitrogen and oxygen atoms in total. The molecule has 0 bridgehead atoms. The van der Waals surface area contributed by atoms with Gasteiger partial charge in [0, 0.05) is 17.3 Å². The minimum absolute atomic E-state index is 0.722. The van der Waals surface area contributed by atoms with Crippen LogP contribution in [0.25, 0.3) is 50.3 Å². The molecule has 0 aliphatic rings. The number of nitrogens with one attached hydrogen (secondary N) is 2. The molecule has 3 aromatic heterocycles. The summed E-state index contributed by atoms with van der Waals surface area (Å²) in [6.45, 7) is 4.11. The molecule has 0 aliphatic heterocycles. The molecular weight excluding hydrogens is 410 g/mol. The molecule has 0 atom stereocenters. The first-order valence-corrected chi connectivity index (χ1v) is 11.0. The summed E-state index contributed by atoms with van der Waals surface area (Å²) in [5.74, 6) is 0.722. The van der Waals surface area contributed by atoms with Gasteiger partial charge in [-0.25, -0.2) is 9.97 Å². The number of benzene rings is 3. The monoisotopic (exact) mass is 433 g/mol. The summed E-state index contributed by atoms with van der Waals surface area (Å²) in [6, 6.07) is 18.6. The van der Waals surface area contributed by atoms with E-state index in [1.165, 1.54) is 5.56 Å². The zero-order valence-corrected chi connectivity index (χ0v) is 18.4. The van der Waals surface area contributed by atoms with Gasteiger partial charge in [-0.05, 0) is 66.4 Å². The number of anilines is 1. The lowest BCUT2D eigenvalue weighted by Crippen LogP contribution is -1.91. The van der Waals surface area contributed by atoms with Crippen LogP contribution in [0.4, 0.5) is 5.69 Å². The molecule has 7 heteroatoms. The minimum Gasteiger partial charge on any atom is -0.399 e. The van der Waals surface area contributed by atoms with E-state index in [4.69, 9.17) is 10.7 Å². The van der Waals surface area contributed by atoms with Crippen molar-refractivity contribution < 1.29 is 0 Å². The van der Waals surface area contributed by atoms with Crippen LogP contribution in [-0.4, -0.2) is 29.7 Å². The molecule has 0 spiro atoms. The highest BCUT2D eigenvalue weighted by molar-refractivity contribution is 5.96. The Labute approximate surface area is 190 Å². The lowest BCUT2D eigenvalue weighted by atomic mass is 9.99. The van der Waals surface area contributed by atoms with Gasteiger partial charge in [-0.1, -0.05) is 25.1 Å². The summed E-state index contributed by atoms with van der Waals surface area (Å²) in [4.78, 5) is 12.7. The highest BCUT2D eigenvalue weighted by Gasteiger charge is 2.16. The Hall–Kier alpha value is -4.39. The fourth-order valence-electron chi connectivity index (χ4n) is 4.35. The standard InChI is InChI=1S/C26H23N7/c1-3-16-9-18(11-19(27)10-16)17-7-8-21-20(12-17)24(32-31-21)26-29-22-5-4-6-23(25(22)30-26)33-13-15(2)28-14-33/h4-14H,3,27H2,1-2H3,(H,29,30)(H,31,32). The lowest BCUT2D eigenvalue weighted by Gasteiger charge is -2.07. The van der Waals surface area contributed by atoms with Crippen LogP contribution in [0.3, 0.4) is 0 Å². The van der Waals surface area contributed by atoms with Gasteiger partial charge in [0.2, 0.25) is 0 Å². The van der Waals surface area contributed by atoms with Gasteiger partial charge < -0.3 is 15.3 Å². The van der Waals surface area contributed by atoms with Crippen LogP contribution in [-0.2, 0) is 6.42 Å². The van der Waals surface area contributed by atoms with E-state index in [9.17, 15) is 0 Å². The highest BCUT2D eigenvalue weighted by atomic mass is 15.1. The van der Waals surface area contributed by atoms with Crippen LogP contribution in [0.1, 0.15) is 18.2 Å². The zero-order valence-electron chi connectivity index (χ0n) is 18.4. The van der Waals surface area contributed by atoms with E-state index in [1.807, 2.05) is 54.3 Å². The summed E-state index contributed by atoms with van der Waals surface area (Å²) in [6.07, 6.45) is 4.75. The van der Waals surface area contributed by atoms with E-state index in [0.29, 0.717) is 0 Å². The number of fused-ring (bicyclic) bond motifs is 2. The third-order valence-electron chi connectivity index (χ3n) is 6.03. The number of imidazole rings is 2. The number of aromatic amines is 2. The fourth-order valence-corrected chi connectivity index (χ4v) is 4.35. The van der Waals surface area contributed by atoms with Crippen molar-refractivity contribution in [1.29, 1.82) is 0 Å². The predicted molar refractivity (Wildman–Crippen MR) is 132 cm³/mol. The molecule has 0 saturated heterocycles. The maximum atomic E-state index is 6.15. The molecular formula is C26H23N7. The molecule has 162 valence electrons. The van der Waals surface area contributed by atoms with Crippen molar-refractivity contribution >= 4 is 27.6 Å². The molecule has 0 unspecified atom stereocenters. The topological polar surface area (TPSA) is 101 Å². The molecule has 0 fully saturated rings. The number of nitrogens with two attached hydrogens (primary N) is 1. The van der Waals surface area contributed by atoms with Gasteiger partial charge in [0.25, 0.3) is 0 Å². The number of nitrogens with zero attached hydrogens (tertiary/aromatic N) is 4. The summed E-state index contributed by atoms with van der Waals surface area (Å²) >= 11 is 0. The number of hydrogen-bond donors (Lipinski definition) is 3. The molecule has 6 rings (SSSR count). The van der Waals surface area contributed by atoms with Crippen molar-refractivity contribution in [2.24, 2.45) is 0 Å². The first-order valence-electron chi connectivity index (χ1n) is 11.0. The first kappa shape index (κ1) is 19.3. The molecule has 3 aromatic carbocycles. The van der Waals surface area contributed by atoms with Gasteiger partial charge >= 0.3 is 0 Å². The lowest BCUT2D eigenvalue weighted by molar-refractivity contribution is 1.06. The Balaban J connectivity index is 1.49. The number of aromatic nitrogens is 6. The second-order valence-corrected chi connectivity index (χ2v) is 8.33. The van der Waals surface area contributed by atoms with Crippen molar-refractivity contribution in [1.82, 2.24) is 29.7 Å². The molecule has 0 aliphatic carbocycles. The first-order chi connectivity index (χ1) is 16.1. The van der Waals surface area contributed by atoms with Crippen molar-refractivity contribution in [3.05, 3.63) is 78.4 Å². The van der Waals surface area contributed by atoms with E-state index in [-0.39, 0.29) is 0 Å². The van der Waals surface area contributed by atoms with Crippen molar-refractivity contribution in [3.8, 4) is 28.3 Å². The maximum Gasteiger partial charge on any atom is 0.159 e. The van der Waals surface area contributed by atoms with Crippen LogP contribution < -0.4 is 5.73 Å². The molecule has 4 N–H and O–H groups in total. The minimum atomic E-state index is 0.722. The average Bonchev–Trinajstić information content (AvgIpc) is 3.55. The second kappa shape index (κ2) is 7.34. The third-order valence-corrected chi connectivity index (χ3v) is 6.03. The van der Waals surface area contributed by atoms with E-state index in [2.05, 4.69) is 51.4 Å². The number of aryl methyl sites for hydroxylation is 2. The summed E-state index contributed by atoms with van der Waals surface area (Å²) in [5, 5.41) is 8.74. The van der Waals surface area contributed by atoms with Crippen molar-refractivity contribution in [3.63, 3.8) is 0 Å². The predicted octanol–water partition coefficient (Wildman–Crippen LogP) is 5.41. The smallest absolute Gasteiger partial charge is 0.159 e. The van der Waals surface area contributed by atoms with E-state index in [1.54, 1.807) is 0 Å². The molecule has 3 heterocycles. The average molecular weight is 434 g/mol. The maximum absolute atomic E-state index is 6.15. The van der Waals surface area contributed by atoms with Crippen LogP contribution in [0, 0.1) is 6.92 Å². The van der Waals surface area contributed by atoms with Gasteiger partial charge in [0.05, 0.1) is 28.7 Å². The zero-order chi connectivity index (χ0) is 22.5. The number of para-hydroxylation sites is 1. The Morgan fingerprint density at radius 2 is 1.91 bits per heavy atom. The second-order valence-electron chi connectivity index (χ2n) is 8.33. The van der Waals surface area contributed by atoms with Crippen LogP contribution in [0.15, 0.2) is 67.1 Å². The molecule has 33 heavy (non-hydrogen) atoms. The van der Waals surface area contributed by atoms with E-state index >= 15 is 0 Å². The quantitative estimate of drug-likeness (QED) is 0.323. The van der Waals surface area contributed by atoms with Crippen LogP contribution in [0.2, 0.25) is 0 Å². The SMILES string of the molecule is CCc1cc(N)cc(-c2ccc3[nH]nc(-c4nc5c(-n6cnc(C)c6)cccc5[nH]4)c3c2)c1. The Morgan fingerprint density at radius 1 is 1.00 bits per heavy atom. The number of nitrogen functional groups attached to an aromatic ring is 1. The number of hydrogen-bond acceptors (Lipinski definition) is 4. The van der Waals surface area contributed by atoms with Gasteiger partial charge in [-0.2, -0.15) is 5.10 Å². The molecule has 6 aromatic rings. The Bertz CT molecular complexity index is 1630. The van der Waals surface area contributed by atoms with Gasteiger partial charge in [-0.15, -0.1) is 0 Å². The number of H-pyrrole nitrogens is 2. The summed E-state index contributed by atoms with van der Waals surface area (Å²) < 4.78 is 1.99. The third kappa shape index (κ3) is 3.25. The molecule has 0 amide bonds. The van der Waals surface area contributed by atoms with Gasteiger partial charge in [0.1, 0.15) is 11.2 Å². The fraction of sp³-hybridized carbons (Fsp3) is 0.115. The molecule has 0 saturated carbocycles. The van der Waals surface area contributed by atoms with Gasteiger partial charge in [-0.3, -0.25) is 5.10 Å². The number of rotatable bonds is 4. The molecule has 0 radical (unpaired) electrons. The van der Waals surface area contributed by atoms with E-state index in [0.717, 1.165) is 68.1 Å². The van der Waals surface area contributed by atoms with Crippen LogP contribution in [0.5, 0.6) is 0 Å². The van der Waals surface area contributed by atoms with Crippen LogP contribution >= 0.6 is 0 Å². The largest absolute Gasteiger partial charge is 0.399 e. The van der Waals surface area contributed by atoms with E-state index < -0.39 is 0 Å². The summed E-state index contributed by atoms with van der Waals surface area (Å²) in [5.41, 5.74) is 15.8. The Kier molecular flexibility index (Phi) is 4.29. The van der Waals surface area contributed by atoms with Gasteiger partial charge in [0.15, 0.2) is 5.82 Å². The van der Waals surface area contributed by atoms with Crippen molar-refractivity contribution in [2.75, 3.05) is 5.73 Å². The summed E-state index contributed by atoms with van der Waals surface area (Å²) in [7, 11) is 0.